The normalized spacial score (nSPS) is 12.1. The van der Waals surface area contributed by atoms with Gasteiger partial charge >= 0.3 is 0 Å². The molecule has 21 heavy (non-hydrogen) atoms. The first-order valence-corrected chi connectivity index (χ1v) is 8.72. The molecule has 2 aromatic carbocycles. The van der Waals surface area contributed by atoms with Crippen LogP contribution in [0.5, 0.6) is 5.75 Å². The van der Waals surface area contributed by atoms with E-state index in [0.717, 1.165) is 22.5 Å². The predicted octanol–water partition coefficient (Wildman–Crippen LogP) is 4.90. The molecule has 0 saturated carbocycles. The Labute approximate surface area is 139 Å². The van der Waals surface area contributed by atoms with E-state index in [4.69, 9.17) is 4.74 Å². The topological polar surface area (TPSA) is 21.3 Å². The third kappa shape index (κ3) is 5.38. The van der Waals surface area contributed by atoms with Crippen LogP contribution in [0.2, 0.25) is 0 Å². The van der Waals surface area contributed by atoms with Crippen LogP contribution < -0.4 is 10.1 Å². The van der Waals surface area contributed by atoms with Crippen LogP contribution in [0, 0.1) is 0 Å². The Morgan fingerprint density at radius 3 is 2.67 bits per heavy atom. The number of rotatable bonds is 7. The van der Waals surface area contributed by atoms with E-state index < -0.39 is 0 Å². The van der Waals surface area contributed by atoms with Crippen molar-refractivity contribution in [1.82, 2.24) is 5.32 Å². The second-order valence-electron chi connectivity index (χ2n) is 4.75. The van der Waals surface area contributed by atoms with Crippen LogP contribution in [0.4, 0.5) is 0 Å². The maximum absolute atomic E-state index is 5.26. The fraction of sp³-hybridized carbons (Fsp3) is 0.294. The molecule has 0 amide bonds. The van der Waals surface area contributed by atoms with Crippen molar-refractivity contribution in [2.75, 3.05) is 19.4 Å². The lowest BCUT2D eigenvalue weighted by Gasteiger charge is -2.15. The fourth-order valence-corrected chi connectivity index (χ4v) is 3.05. The molecular weight excluding hydrogens is 346 g/mol. The molecule has 0 spiro atoms. The van der Waals surface area contributed by atoms with Crippen molar-refractivity contribution in [2.24, 2.45) is 0 Å². The Hall–Kier alpha value is -0.970. The Bertz CT molecular complexity index is 559. The molecule has 0 fully saturated rings. The lowest BCUT2D eigenvalue weighted by molar-refractivity contribution is 0.413. The van der Waals surface area contributed by atoms with E-state index in [9.17, 15) is 0 Å². The number of hydrogen-bond donors (Lipinski definition) is 1. The summed E-state index contributed by atoms with van der Waals surface area (Å²) in [7, 11) is 1.70. The number of hydrogen-bond acceptors (Lipinski definition) is 3. The summed E-state index contributed by atoms with van der Waals surface area (Å²) in [5.74, 6) is 1.96. The minimum atomic E-state index is 0.325. The molecule has 0 aromatic heterocycles. The largest absolute Gasteiger partial charge is 0.497 e. The van der Waals surface area contributed by atoms with Crippen LogP contribution in [0.25, 0.3) is 0 Å². The molecule has 0 saturated heterocycles. The molecule has 0 aliphatic heterocycles. The van der Waals surface area contributed by atoms with Crippen molar-refractivity contribution >= 4 is 27.7 Å². The highest BCUT2D eigenvalue weighted by Gasteiger charge is 2.05. The van der Waals surface area contributed by atoms with Gasteiger partial charge in [0.1, 0.15) is 5.75 Å². The van der Waals surface area contributed by atoms with Crippen LogP contribution in [-0.2, 0) is 0 Å². The lowest BCUT2D eigenvalue weighted by atomic mass is 10.1. The van der Waals surface area contributed by atoms with E-state index in [0.29, 0.717) is 6.04 Å². The third-order valence-electron chi connectivity index (χ3n) is 3.23. The average Bonchev–Trinajstić information content (AvgIpc) is 2.53. The molecule has 0 radical (unpaired) electrons. The number of halogens is 1. The molecule has 0 heterocycles. The van der Waals surface area contributed by atoms with Crippen LogP contribution >= 0.6 is 27.7 Å². The monoisotopic (exact) mass is 365 g/mol. The Morgan fingerprint density at radius 2 is 1.95 bits per heavy atom. The van der Waals surface area contributed by atoms with Crippen molar-refractivity contribution < 1.29 is 4.74 Å². The van der Waals surface area contributed by atoms with Gasteiger partial charge in [-0.1, -0.05) is 28.1 Å². The summed E-state index contributed by atoms with van der Waals surface area (Å²) in [5.41, 5.74) is 1.25. The molecule has 2 nitrogen and oxygen atoms in total. The van der Waals surface area contributed by atoms with Gasteiger partial charge in [-0.25, -0.2) is 0 Å². The molecular formula is C17H20BrNOS. The van der Waals surface area contributed by atoms with Crippen LogP contribution in [0.1, 0.15) is 18.5 Å². The zero-order valence-electron chi connectivity index (χ0n) is 12.3. The number of ether oxygens (including phenoxy) is 1. The van der Waals surface area contributed by atoms with E-state index in [2.05, 4.69) is 64.6 Å². The van der Waals surface area contributed by atoms with Gasteiger partial charge < -0.3 is 10.1 Å². The molecule has 0 aliphatic carbocycles. The Balaban J connectivity index is 1.76. The SMILES string of the molecule is COc1cccc([C@@H](C)NCCSc2ccc(Br)cc2)c1. The maximum Gasteiger partial charge on any atom is 0.119 e. The van der Waals surface area contributed by atoms with E-state index in [1.807, 2.05) is 23.9 Å². The maximum atomic E-state index is 5.26. The van der Waals surface area contributed by atoms with Crippen LogP contribution in [-0.4, -0.2) is 19.4 Å². The standard InChI is InChI=1S/C17H20BrNOS/c1-13(14-4-3-5-16(12-14)20-2)19-10-11-21-17-8-6-15(18)7-9-17/h3-9,12-13,19H,10-11H2,1-2H3/t13-/m1/s1. The van der Waals surface area contributed by atoms with Gasteiger partial charge in [-0.05, 0) is 48.9 Å². The van der Waals surface area contributed by atoms with Gasteiger partial charge in [0.05, 0.1) is 7.11 Å². The van der Waals surface area contributed by atoms with Gasteiger partial charge in [0, 0.05) is 27.7 Å². The summed E-state index contributed by atoms with van der Waals surface area (Å²) in [6.07, 6.45) is 0. The Kier molecular flexibility index (Phi) is 6.61. The van der Waals surface area contributed by atoms with E-state index in [1.54, 1.807) is 7.11 Å². The summed E-state index contributed by atoms with van der Waals surface area (Å²) in [6, 6.07) is 17.0. The molecule has 112 valence electrons. The molecule has 2 rings (SSSR count). The molecule has 0 bridgehead atoms. The summed E-state index contributed by atoms with van der Waals surface area (Å²) in [5, 5.41) is 3.55. The predicted molar refractivity (Wildman–Crippen MR) is 94.3 cm³/mol. The number of benzene rings is 2. The smallest absolute Gasteiger partial charge is 0.119 e. The van der Waals surface area contributed by atoms with Crippen molar-refractivity contribution in [1.29, 1.82) is 0 Å². The quantitative estimate of drug-likeness (QED) is 0.556. The summed E-state index contributed by atoms with van der Waals surface area (Å²) in [4.78, 5) is 1.30. The van der Waals surface area contributed by atoms with E-state index >= 15 is 0 Å². The lowest BCUT2D eigenvalue weighted by Crippen LogP contribution is -2.21. The zero-order chi connectivity index (χ0) is 15.1. The highest BCUT2D eigenvalue weighted by molar-refractivity contribution is 9.10. The summed E-state index contributed by atoms with van der Waals surface area (Å²) < 4.78 is 6.38. The van der Waals surface area contributed by atoms with Crippen molar-refractivity contribution in [2.45, 2.75) is 17.9 Å². The number of nitrogens with one attached hydrogen (secondary N) is 1. The molecule has 1 atom stereocenters. The third-order valence-corrected chi connectivity index (χ3v) is 4.77. The highest BCUT2D eigenvalue weighted by Crippen LogP contribution is 2.21. The van der Waals surface area contributed by atoms with Gasteiger partial charge in [-0.15, -0.1) is 11.8 Å². The molecule has 4 heteroatoms. The minimum absolute atomic E-state index is 0.325. The van der Waals surface area contributed by atoms with Gasteiger partial charge in [-0.2, -0.15) is 0 Å². The van der Waals surface area contributed by atoms with Gasteiger partial charge in [-0.3, -0.25) is 0 Å². The Morgan fingerprint density at radius 1 is 1.19 bits per heavy atom. The van der Waals surface area contributed by atoms with Crippen molar-refractivity contribution in [3.8, 4) is 5.75 Å². The summed E-state index contributed by atoms with van der Waals surface area (Å²) >= 11 is 5.32. The fourth-order valence-electron chi connectivity index (χ4n) is 2.00. The first-order valence-electron chi connectivity index (χ1n) is 6.95. The number of thioether (sulfide) groups is 1. The van der Waals surface area contributed by atoms with E-state index in [1.165, 1.54) is 10.5 Å². The number of methoxy groups -OCH3 is 1. The first-order chi connectivity index (χ1) is 10.2. The highest BCUT2D eigenvalue weighted by atomic mass is 79.9. The molecule has 0 unspecified atom stereocenters. The first kappa shape index (κ1) is 16.4. The molecule has 0 aliphatic rings. The van der Waals surface area contributed by atoms with Crippen molar-refractivity contribution in [3.63, 3.8) is 0 Å². The van der Waals surface area contributed by atoms with E-state index in [-0.39, 0.29) is 0 Å². The van der Waals surface area contributed by atoms with Crippen LogP contribution in [0.15, 0.2) is 57.9 Å². The van der Waals surface area contributed by atoms with Crippen LogP contribution in [0.3, 0.4) is 0 Å². The van der Waals surface area contributed by atoms with Crippen molar-refractivity contribution in [3.05, 3.63) is 58.6 Å². The zero-order valence-corrected chi connectivity index (χ0v) is 14.7. The van der Waals surface area contributed by atoms with Gasteiger partial charge in [0.25, 0.3) is 0 Å². The second-order valence-corrected chi connectivity index (χ2v) is 6.84. The van der Waals surface area contributed by atoms with Gasteiger partial charge in [0.15, 0.2) is 0 Å². The van der Waals surface area contributed by atoms with Gasteiger partial charge in [0.2, 0.25) is 0 Å². The minimum Gasteiger partial charge on any atom is -0.497 e. The average molecular weight is 366 g/mol. The molecule has 2 aromatic rings. The molecule has 1 N–H and O–H groups in total. The second kappa shape index (κ2) is 8.47. The summed E-state index contributed by atoms with van der Waals surface area (Å²) in [6.45, 7) is 3.15.